The van der Waals surface area contributed by atoms with Gasteiger partial charge in [-0.3, -0.25) is 0 Å². The lowest BCUT2D eigenvalue weighted by molar-refractivity contribution is 1.07. The average Bonchev–Trinajstić information content (AvgIpc) is 3.52. The van der Waals surface area contributed by atoms with E-state index in [1.165, 1.54) is 59.7 Å². The minimum absolute atomic E-state index is 0.635. The second kappa shape index (κ2) is 11.2. The molecule has 0 radical (unpaired) electrons. The summed E-state index contributed by atoms with van der Waals surface area (Å²) in [6.45, 7) is 2.15. The lowest BCUT2D eigenvalue weighted by Gasteiger charge is -2.13. The van der Waals surface area contributed by atoms with Gasteiger partial charge < -0.3 is 4.57 Å². The second-order valence-corrected chi connectivity index (χ2v) is 12.9. The minimum Gasteiger partial charge on any atom is -0.309 e. The average molecular weight is 639 g/mol. The molecule has 0 amide bonds. The molecule has 10 aromatic rings. The summed E-state index contributed by atoms with van der Waals surface area (Å²) in [5.41, 5.74) is 7.45. The summed E-state index contributed by atoms with van der Waals surface area (Å²) in [6, 6.07) is 57.9. The van der Waals surface area contributed by atoms with Crippen LogP contribution in [0.4, 0.5) is 0 Å². The van der Waals surface area contributed by atoms with Gasteiger partial charge in [0.2, 0.25) is 0 Å². The first kappa shape index (κ1) is 28.4. The highest BCUT2D eigenvalue weighted by molar-refractivity contribution is 6.25. The predicted molar refractivity (Wildman–Crippen MR) is 208 cm³/mol. The van der Waals surface area contributed by atoms with Gasteiger partial charge in [-0.05, 0) is 69.6 Å². The number of fused-ring (bicyclic) bond motifs is 9. The Morgan fingerprint density at radius 2 is 0.820 bits per heavy atom. The molecule has 2 heterocycles. The first-order valence-electron chi connectivity index (χ1n) is 17.0. The third kappa shape index (κ3) is 4.50. The molecule has 0 aliphatic rings. The summed E-state index contributed by atoms with van der Waals surface area (Å²) in [5.74, 6) is 1.93. The van der Waals surface area contributed by atoms with Gasteiger partial charge in [0.25, 0.3) is 0 Å². The van der Waals surface area contributed by atoms with Crippen LogP contribution < -0.4 is 0 Å². The van der Waals surface area contributed by atoms with Gasteiger partial charge in [0.15, 0.2) is 17.5 Å². The Labute approximate surface area is 289 Å². The van der Waals surface area contributed by atoms with Crippen molar-refractivity contribution in [1.29, 1.82) is 0 Å². The van der Waals surface area contributed by atoms with E-state index in [1.54, 1.807) is 0 Å². The van der Waals surface area contributed by atoms with Gasteiger partial charge in [-0.15, -0.1) is 0 Å². The summed E-state index contributed by atoms with van der Waals surface area (Å²) >= 11 is 0. The van der Waals surface area contributed by atoms with Crippen molar-refractivity contribution < 1.29 is 0 Å². The first-order chi connectivity index (χ1) is 24.7. The number of nitrogens with zero attached hydrogens (tertiary/aromatic N) is 4. The molecule has 4 heteroatoms. The van der Waals surface area contributed by atoms with Crippen LogP contribution in [0.25, 0.3) is 94.0 Å². The Morgan fingerprint density at radius 1 is 0.340 bits per heavy atom. The summed E-state index contributed by atoms with van der Waals surface area (Å²) in [5, 5.41) is 9.86. The molecule has 0 aliphatic carbocycles. The number of benzene rings is 8. The van der Waals surface area contributed by atoms with Crippen molar-refractivity contribution in [2.75, 3.05) is 0 Å². The van der Waals surface area contributed by atoms with Crippen LogP contribution in [-0.2, 0) is 0 Å². The number of hydrogen-bond donors (Lipinski definition) is 0. The normalized spacial score (nSPS) is 11.7. The third-order valence-corrected chi connectivity index (χ3v) is 9.86. The Bertz CT molecular complexity index is 2890. The van der Waals surface area contributed by atoms with E-state index in [9.17, 15) is 0 Å². The first-order valence-corrected chi connectivity index (χ1v) is 17.0. The van der Waals surface area contributed by atoms with E-state index in [4.69, 9.17) is 15.0 Å². The molecule has 0 N–H and O–H groups in total. The molecule has 0 spiro atoms. The molecular weight excluding hydrogens is 609 g/mol. The smallest absolute Gasteiger partial charge is 0.164 e. The van der Waals surface area contributed by atoms with Crippen molar-refractivity contribution in [2.45, 2.75) is 6.92 Å². The van der Waals surface area contributed by atoms with Gasteiger partial charge in [0.05, 0.1) is 11.0 Å². The molecular formula is C46H30N4. The Hall–Kier alpha value is -6.65. The van der Waals surface area contributed by atoms with E-state index >= 15 is 0 Å². The molecule has 0 atom stereocenters. The molecule has 10 rings (SSSR count). The monoisotopic (exact) mass is 638 g/mol. The van der Waals surface area contributed by atoms with Crippen molar-refractivity contribution in [2.24, 2.45) is 0 Å². The lowest BCUT2D eigenvalue weighted by atomic mass is 9.92. The summed E-state index contributed by atoms with van der Waals surface area (Å²) in [7, 11) is 0. The van der Waals surface area contributed by atoms with Crippen molar-refractivity contribution in [3.05, 3.63) is 169 Å². The second-order valence-electron chi connectivity index (χ2n) is 12.9. The number of aromatic nitrogens is 4. The molecule has 0 aliphatic heterocycles. The van der Waals surface area contributed by atoms with Crippen LogP contribution in [0.1, 0.15) is 5.56 Å². The summed E-state index contributed by atoms with van der Waals surface area (Å²) < 4.78 is 2.33. The Balaban J connectivity index is 1.19. The topological polar surface area (TPSA) is 43.6 Å². The maximum absolute atomic E-state index is 5.18. The van der Waals surface area contributed by atoms with Crippen LogP contribution >= 0.6 is 0 Å². The van der Waals surface area contributed by atoms with Crippen molar-refractivity contribution in [1.82, 2.24) is 19.5 Å². The molecule has 0 saturated heterocycles. The maximum atomic E-state index is 5.18. The fourth-order valence-corrected chi connectivity index (χ4v) is 7.54. The molecule has 50 heavy (non-hydrogen) atoms. The molecule has 0 saturated carbocycles. The van der Waals surface area contributed by atoms with E-state index in [2.05, 4.69) is 157 Å². The van der Waals surface area contributed by atoms with Crippen LogP contribution in [0.5, 0.6) is 0 Å². The van der Waals surface area contributed by atoms with E-state index in [0.717, 1.165) is 22.4 Å². The van der Waals surface area contributed by atoms with Crippen LogP contribution in [0.15, 0.2) is 164 Å². The highest BCUT2D eigenvalue weighted by Gasteiger charge is 2.17. The molecule has 2 aromatic heterocycles. The van der Waals surface area contributed by atoms with Crippen LogP contribution in [-0.4, -0.2) is 19.5 Å². The molecule has 4 nitrogen and oxygen atoms in total. The lowest BCUT2D eigenvalue weighted by Crippen LogP contribution is -2.01. The summed E-state index contributed by atoms with van der Waals surface area (Å²) in [4.78, 5) is 15.4. The van der Waals surface area contributed by atoms with E-state index < -0.39 is 0 Å². The van der Waals surface area contributed by atoms with E-state index in [-0.39, 0.29) is 0 Å². The quantitative estimate of drug-likeness (QED) is 0.180. The van der Waals surface area contributed by atoms with E-state index in [0.29, 0.717) is 17.5 Å². The molecule has 8 aromatic carbocycles. The molecule has 0 fully saturated rings. The predicted octanol–water partition coefficient (Wildman–Crippen LogP) is 11.7. The van der Waals surface area contributed by atoms with Crippen molar-refractivity contribution in [3.8, 4) is 39.9 Å². The van der Waals surface area contributed by atoms with Gasteiger partial charge in [-0.1, -0.05) is 139 Å². The minimum atomic E-state index is 0.635. The molecule has 234 valence electrons. The van der Waals surface area contributed by atoms with Gasteiger partial charge in [-0.25, -0.2) is 15.0 Å². The molecule has 0 unspecified atom stereocenters. The molecule has 0 bridgehead atoms. The van der Waals surface area contributed by atoms with Gasteiger partial charge >= 0.3 is 0 Å². The van der Waals surface area contributed by atoms with Gasteiger partial charge in [-0.2, -0.15) is 0 Å². The highest BCUT2D eigenvalue weighted by atomic mass is 15.0. The Kier molecular flexibility index (Phi) is 6.36. The number of hydrogen-bond acceptors (Lipinski definition) is 3. The standard InChI is InChI=1S/C46H30N4/c1-29-22-24-36-34-16-5-6-17-35(34)37-25-23-32(28-41(37)40(36)26-29)46-48-44(30-12-3-2-4-13-30)47-45(49-46)31-14-11-15-33(27-31)50-42-20-9-7-18-38(42)39-19-8-10-21-43(39)50/h2-28H,1H3. The Morgan fingerprint density at radius 3 is 1.48 bits per heavy atom. The largest absolute Gasteiger partial charge is 0.309 e. The summed E-state index contributed by atoms with van der Waals surface area (Å²) in [6.07, 6.45) is 0. The number of rotatable bonds is 4. The third-order valence-electron chi connectivity index (χ3n) is 9.86. The zero-order chi connectivity index (χ0) is 33.2. The zero-order valence-corrected chi connectivity index (χ0v) is 27.4. The fourth-order valence-electron chi connectivity index (χ4n) is 7.54. The fraction of sp³-hybridized carbons (Fsp3) is 0.0217. The maximum Gasteiger partial charge on any atom is 0.164 e. The van der Waals surface area contributed by atoms with Crippen molar-refractivity contribution in [3.63, 3.8) is 0 Å². The highest BCUT2D eigenvalue weighted by Crippen LogP contribution is 2.38. The number of aryl methyl sites for hydroxylation is 1. The van der Waals surface area contributed by atoms with Crippen LogP contribution in [0.3, 0.4) is 0 Å². The van der Waals surface area contributed by atoms with Crippen LogP contribution in [0, 0.1) is 6.92 Å². The van der Waals surface area contributed by atoms with Crippen LogP contribution in [0.2, 0.25) is 0 Å². The van der Waals surface area contributed by atoms with E-state index in [1.807, 2.05) is 18.2 Å². The van der Waals surface area contributed by atoms with Gasteiger partial charge in [0, 0.05) is 33.2 Å². The number of para-hydroxylation sites is 2. The SMILES string of the molecule is Cc1ccc2c3ccccc3c3ccc(-c4nc(-c5ccccc5)nc(-c5cccc(-n6c7ccccc7c7ccccc76)c5)n4)cc3c2c1. The van der Waals surface area contributed by atoms with Crippen molar-refractivity contribution >= 4 is 54.1 Å². The zero-order valence-electron chi connectivity index (χ0n) is 27.4. The van der Waals surface area contributed by atoms with Gasteiger partial charge in [0.1, 0.15) is 0 Å².